The lowest BCUT2D eigenvalue weighted by molar-refractivity contribution is 0.0949. The molecule has 0 aromatic heterocycles. The summed E-state index contributed by atoms with van der Waals surface area (Å²) in [6, 6.07) is 10.2. The Kier molecular flexibility index (Phi) is 10.8. The SMILES string of the molecule is C=C/C(=C\C(C)CC)c1ccc(N(/C=C(/C)CC)c2cc(OC)c(C(=O)NCC)c(OC)c2)c(C)c1. The Morgan fingerprint density at radius 1 is 1.11 bits per heavy atom. The molecular formula is C31H42N2O3. The number of nitrogens with one attached hydrogen (secondary N) is 1. The lowest BCUT2D eigenvalue weighted by Crippen LogP contribution is -2.24. The molecule has 36 heavy (non-hydrogen) atoms. The molecule has 0 spiro atoms. The molecule has 5 heteroatoms. The number of aryl methyl sites for hydroxylation is 1. The van der Waals surface area contributed by atoms with Crippen molar-refractivity contribution >= 4 is 22.9 Å². The maximum atomic E-state index is 12.8. The monoisotopic (exact) mass is 490 g/mol. The van der Waals surface area contributed by atoms with E-state index >= 15 is 0 Å². The fourth-order valence-electron chi connectivity index (χ4n) is 3.92. The summed E-state index contributed by atoms with van der Waals surface area (Å²) in [6.45, 7) is 17.2. The summed E-state index contributed by atoms with van der Waals surface area (Å²) in [5.74, 6) is 1.17. The minimum Gasteiger partial charge on any atom is -0.496 e. The Morgan fingerprint density at radius 3 is 2.22 bits per heavy atom. The van der Waals surface area contributed by atoms with E-state index in [1.54, 1.807) is 14.2 Å². The van der Waals surface area contributed by atoms with Gasteiger partial charge in [-0.2, -0.15) is 0 Å². The van der Waals surface area contributed by atoms with Gasteiger partial charge in [-0.1, -0.05) is 57.6 Å². The van der Waals surface area contributed by atoms with Crippen molar-refractivity contribution in [2.24, 2.45) is 5.92 Å². The number of ether oxygens (including phenoxy) is 2. The van der Waals surface area contributed by atoms with E-state index in [4.69, 9.17) is 9.47 Å². The van der Waals surface area contributed by atoms with E-state index in [2.05, 4.69) is 81.9 Å². The Labute approximate surface area is 217 Å². The van der Waals surface area contributed by atoms with Crippen molar-refractivity contribution in [1.82, 2.24) is 5.32 Å². The number of carbonyl (C=O) groups excluding carboxylic acids is 1. The largest absolute Gasteiger partial charge is 0.496 e. The molecule has 0 heterocycles. The predicted molar refractivity (Wildman–Crippen MR) is 153 cm³/mol. The van der Waals surface area contributed by atoms with Gasteiger partial charge in [-0.3, -0.25) is 4.79 Å². The van der Waals surface area contributed by atoms with Crippen LogP contribution in [0.25, 0.3) is 5.57 Å². The van der Waals surface area contributed by atoms with Crippen LogP contribution in [0.1, 0.15) is 68.9 Å². The lowest BCUT2D eigenvalue weighted by Gasteiger charge is -2.26. The number of nitrogens with zero attached hydrogens (tertiary/aromatic N) is 1. The molecule has 1 unspecified atom stereocenters. The third-order valence-electron chi connectivity index (χ3n) is 6.36. The van der Waals surface area contributed by atoms with Crippen LogP contribution < -0.4 is 19.7 Å². The fraction of sp³-hybridized carbons (Fsp3) is 0.387. The summed E-state index contributed by atoms with van der Waals surface area (Å²) in [5.41, 5.74) is 6.89. The molecule has 0 aliphatic carbocycles. The molecule has 2 aromatic carbocycles. The molecule has 0 radical (unpaired) electrons. The van der Waals surface area contributed by atoms with Gasteiger partial charge in [0, 0.05) is 30.6 Å². The molecule has 2 rings (SSSR count). The van der Waals surface area contributed by atoms with Crippen molar-refractivity contribution in [1.29, 1.82) is 0 Å². The number of methoxy groups -OCH3 is 2. The fourth-order valence-corrected chi connectivity index (χ4v) is 3.92. The van der Waals surface area contributed by atoms with E-state index in [9.17, 15) is 4.79 Å². The second-order valence-electron chi connectivity index (χ2n) is 9.00. The van der Waals surface area contributed by atoms with Crippen LogP contribution in [-0.2, 0) is 0 Å². The summed E-state index contributed by atoms with van der Waals surface area (Å²) in [5, 5.41) is 2.84. The van der Waals surface area contributed by atoms with Crippen LogP contribution in [-0.4, -0.2) is 26.7 Å². The maximum absolute atomic E-state index is 12.8. The Bertz CT molecular complexity index is 1110. The van der Waals surface area contributed by atoms with E-state index in [-0.39, 0.29) is 5.91 Å². The third-order valence-corrected chi connectivity index (χ3v) is 6.36. The van der Waals surface area contributed by atoms with Gasteiger partial charge >= 0.3 is 0 Å². The number of rotatable bonds is 12. The maximum Gasteiger partial charge on any atom is 0.258 e. The first-order valence-corrected chi connectivity index (χ1v) is 12.7. The molecule has 1 N–H and O–H groups in total. The minimum atomic E-state index is -0.227. The van der Waals surface area contributed by atoms with Gasteiger partial charge < -0.3 is 19.7 Å². The molecule has 2 aromatic rings. The zero-order valence-electron chi connectivity index (χ0n) is 23.2. The van der Waals surface area contributed by atoms with Crippen molar-refractivity contribution in [2.45, 2.75) is 54.4 Å². The molecule has 0 bridgehead atoms. The van der Waals surface area contributed by atoms with Crippen LogP contribution >= 0.6 is 0 Å². The van der Waals surface area contributed by atoms with Crippen LogP contribution in [0, 0.1) is 12.8 Å². The molecule has 0 fully saturated rings. The molecule has 0 aliphatic rings. The molecule has 1 amide bonds. The second-order valence-corrected chi connectivity index (χ2v) is 9.00. The molecule has 0 aliphatic heterocycles. The quantitative estimate of drug-likeness (QED) is 0.308. The average molecular weight is 491 g/mol. The van der Waals surface area contributed by atoms with Gasteiger partial charge in [0.25, 0.3) is 5.91 Å². The molecule has 1 atom stereocenters. The van der Waals surface area contributed by atoms with Gasteiger partial charge in [0.15, 0.2) is 0 Å². The van der Waals surface area contributed by atoms with E-state index in [0.717, 1.165) is 40.9 Å². The van der Waals surface area contributed by atoms with Crippen molar-refractivity contribution < 1.29 is 14.3 Å². The summed E-state index contributed by atoms with van der Waals surface area (Å²) in [7, 11) is 3.14. The van der Waals surface area contributed by atoms with Crippen molar-refractivity contribution in [3.63, 3.8) is 0 Å². The number of carbonyl (C=O) groups is 1. The van der Waals surface area contributed by atoms with E-state index < -0.39 is 0 Å². The molecular weight excluding hydrogens is 448 g/mol. The highest BCUT2D eigenvalue weighted by molar-refractivity contribution is 6.00. The van der Waals surface area contributed by atoms with Crippen LogP contribution in [0.5, 0.6) is 11.5 Å². The highest BCUT2D eigenvalue weighted by Crippen LogP contribution is 2.39. The summed E-state index contributed by atoms with van der Waals surface area (Å²) >= 11 is 0. The van der Waals surface area contributed by atoms with Crippen LogP contribution in [0.15, 0.2) is 60.8 Å². The lowest BCUT2D eigenvalue weighted by atomic mass is 9.97. The van der Waals surface area contributed by atoms with Crippen molar-refractivity contribution in [2.75, 3.05) is 25.7 Å². The summed E-state index contributed by atoms with van der Waals surface area (Å²) in [6.07, 6.45) is 8.33. The number of anilines is 2. The molecule has 5 nitrogen and oxygen atoms in total. The predicted octanol–water partition coefficient (Wildman–Crippen LogP) is 7.83. The molecule has 0 saturated heterocycles. The topological polar surface area (TPSA) is 50.8 Å². The van der Waals surface area contributed by atoms with Crippen molar-refractivity contribution in [3.8, 4) is 11.5 Å². The number of amides is 1. The Morgan fingerprint density at radius 2 is 1.75 bits per heavy atom. The Hall–Kier alpha value is -3.47. The van der Waals surface area contributed by atoms with Crippen LogP contribution in [0.4, 0.5) is 11.4 Å². The first kappa shape index (κ1) is 28.8. The van der Waals surface area contributed by atoms with E-state index in [1.807, 2.05) is 25.1 Å². The van der Waals surface area contributed by atoms with Gasteiger partial charge in [0.05, 0.1) is 19.9 Å². The molecule has 0 saturated carbocycles. The van der Waals surface area contributed by atoms with Crippen LogP contribution in [0.2, 0.25) is 0 Å². The molecule has 194 valence electrons. The summed E-state index contributed by atoms with van der Waals surface area (Å²) < 4.78 is 11.3. The zero-order valence-corrected chi connectivity index (χ0v) is 23.2. The number of hydrogen-bond donors (Lipinski definition) is 1. The highest BCUT2D eigenvalue weighted by atomic mass is 16.5. The first-order valence-electron chi connectivity index (χ1n) is 12.7. The van der Waals surface area contributed by atoms with E-state index in [0.29, 0.717) is 29.5 Å². The first-order chi connectivity index (χ1) is 17.2. The van der Waals surface area contributed by atoms with Gasteiger partial charge in [-0.05, 0) is 61.9 Å². The second kappa shape index (κ2) is 13.6. The third kappa shape index (κ3) is 6.81. The van der Waals surface area contributed by atoms with Crippen molar-refractivity contribution in [3.05, 3.63) is 77.5 Å². The van der Waals surface area contributed by atoms with Crippen LogP contribution in [0.3, 0.4) is 0 Å². The smallest absolute Gasteiger partial charge is 0.258 e. The Balaban J connectivity index is 2.71. The van der Waals surface area contributed by atoms with Gasteiger partial charge in [-0.25, -0.2) is 0 Å². The normalized spacial score (nSPS) is 12.7. The van der Waals surface area contributed by atoms with E-state index in [1.165, 1.54) is 5.57 Å². The number of hydrogen-bond acceptors (Lipinski definition) is 4. The van der Waals surface area contributed by atoms with Gasteiger partial charge in [0.1, 0.15) is 17.1 Å². The van der Waals surface area contributed by atoms with Gasteiger partial charge in [-0.15, -0.1) is 0 Å². The zero-order chi connectivity index (χ0) is 26.8. The standard InChI is InChI=1S/C31H42N2O3/c1-10-21(5)16-24(12-3)25-14-15-27(23(7)17-25)33(20-22(6)11-2)26-18-28(35-8)30(29(19-26)36-9)31(34)32-13-4/h12,14-21H,3,10-11,13H2,1-2,4-9H3,(H,32,34)/b22-20-,24-16+. The number of allylic oxidation sites excluding steroid dienone is 4. The number of benzene rings is 2. The average Bonchev–Trinajstić information content (AvgIpc) is 2.89. The minimum absolute atomic E-state index is 0.227. The van der Waals surface area contributed by atoms with Gasteiger partial charge in [0.2, 0.25) is 0 Å². The highest BCUT2D eigenvalue weighted by Gasteiger charge is 2.22. The summed E-state index contributed by atoms with van der Waals surface area (Å²) in [4.78, 5) is 14.9.